The van der Waals surface area contributed by atoms with E-state index in [0.717, 1.165) is 17.8 Å². The molecule has 1 rings (SSSR count). The van der Waals surface area contributed by atoms with Crippen molar-refractivity contribution in [2.24, 2.45) is 0 Å². The van der Waals surface area contributed by atoms with Crippen molar-refractivity contribution in [3.63, 3.8) is 0 Å². The molecular weight excluding hydrogens is 234 g/mol. The van der Waals surface area contributed by atoms with Gasteiger partial charge in [-0.15, -0.1) is 0 Å². The van der Waals surface area contributed by atoms with Gasteiger partial charge in [0, 0.05) is 13.2 Å². The van der Waals surface area contributed by atoms with E-state index in [-0.39, 0.29) is 11.6 Å². The van der Waals surface area contributed by atoms with Crippen molar-refractivity contribution >= 4 is 21.5 Å². The fourth-order valence-electron chi connectivity index (χ4n) is 0.968. The number of aliphatic hydroxyl groups excluding tert-OH is 1. The maximum atomic E-state index is 10.4. The number of aromatic nitrogens is 1. The summed E-state index contributed by atoms with van der Waals surface area (Å²) < 4.78 is 5.05. The lowest BCUT2D eigenvalue weighted by atomic mass is 10.4. The molecule has 0 saturated heterocycles. The number of ether oxygens (including phenoxy) is 1. The van der Waals surface area contributed by atoms with E-state index in [1.54, 1.807) is 0 Å². The molecule has 1 aromatic heterocycles. The molecule has 1 aromatic rings. The maximum absolute atomic E-state index is 10.4. The Balaban J connectivity index is 2.14. The predicted molar refractivity (Wildman–Crippen MR) is 59.8 cm³/mol. The minimum Gasteiger partial charge on any atom is -0.394 e. The van der Waals surface area contributed by atoms with Crippen LogP contribution in [-0.4, -0.2) is 41.4 Å². The lowest BCUT2D eigenvalue weighted by molar-refractivity contribution is -0.380. The summed E-state index contributed by atoms with van der Waals surface area (Å²) >= 11 is 1.01. The molecule has 2 N–H and O–H groups in total. The Labute approximate surface area is 96.2 Å². The van der Waals surface area contributed by atoms with E-state index >= 15 is 0 Å². The van der Waals surface area contributed by atoms with E-state index in [2.05, 4.69) is 10.3 Å². The van der Waals surface area contributed by atoms with Crippen molar-refractivity contribution in [3.05, 3.63) is 16.3 Å². The number of nitro groups is 1. The van der Waals surface area contributed by atoms with Gasteiger partial charge < -0.3 is 15.2 Å². The van der Waals surface area contributed by atoms with Crippen LogP contribution < -0.4 is 5.32 Å². The first-order chi connectivity index (χ1) is 7.74. The molecule has 8 heteroatoms. The third-order valence-corrected chi connectivity index (χ3v) is 2.56. The van der Waals surface area contributed by atoms with Crippen LogP contribution in [0.15, 0.2) is 6.20 Å². The van der Waals surface area contributed by atoms with Gasteiger partial charge in [-0.3, -0.25) is 10.1 Å². The molecule has 0 amide bonds. The van der Waals surface area contributed by atoms with Crippen LogP contribution >= 0.6 is 11.3 Å². The molecule has 1 heterocycles. The SMILES string of the molecule is O=[N+]([O-])c1cnc(NCCCOCCO)s1. The number of aliphatic hydroxyl groups is 1. The quantitative estimate of drug-likeness (QED) is 0.402. The number of nitrogens with one attached hydrogen (secondary N) is 1. The summed E-state index contributed by atoms with van der Waals surface area (Å²) in [6, 6.07) is 0. The molecule has 0 aromatic carbocycles. The second-order valence-corrected chi connectivity index (χ2v) is 3.89. The van der Waals surface area contributed by atoms with Gasteiger partial charge in [-0.25, -0.2) is 4.98 Å². The van der Waals surface area contributed by atoms with Gasteiger partial charge in [-0.1, -0.05) is 0 Å². The lowest BCUT2D eigenvalue weighted by Gasteiger charge is -2.02. The lowest BCUT2D eigenvalue weighted by Crippen LogP contribution is -2.07. The first-order valence-electron chi connectivity index (χ1n) is 4.76. The fourth-order valence-corrected chi connectivity index (χ4v) is 1.63. The Kier molecular flexibility index (Phi) is 5.68. The highest BCUT2D eigenvalue weighted by atomic mass is 32.1. The highest BCUT2D eigenvalue weighted by Gasteiger charge is 2.10. The summed E-state index contributed by atoms with van der Waals surface area (Å²) in [6.45, 7) is 1.53. The molecule has 0 aliphatic carbocycles. The number of hydrogen-bond acceptors (Lipinski definition) is 7. The van der Waals surface area contributed by atoms with Gasteiger partial charge in [-0.05, 0) is 17.8 Å². The number of anilines is 1. The minimum absolute atomic E-state index is 0.0199. The molecule has 0 bridgehead atoms. The molecule has 0 atom stereocenters. The predicted octanol–water partition coefficient (Wildman–Crippen LogP) is 0.862. The molecule has 0 unspecified atom stereocenters. The Morgan fingerprint density at radius 3 is 3.06 bits per heavy atom. The van der Waals surface area contributed by atoms with E-state index in [9.17, 15) is 10.1 Å². The second-order valence-electron chi connectivity index (χ2n) is 2.88. The highest BCUT2D eigenvalue weighted by Crippen LogP contribution is 2.24. The van der Waals surface area contributed by atoms with Crippen LogP contribution in [0.3, 0.4) is 0 Å². The summed E-state index contributed by atoms with van der Waals surface area (Å²) in [5.74, 6) is 0. The molecule has 0 fully saturated rings. The molecule has 0 radical (unpaired) electrons. The number of hydrogen-bond donors (Lipinski definition) is 2. The van der Waals surface area contributed by atoms with Gasteiger partial charge in [0.2, 0.25) is 0 Å². The first kappa shape index (κ1) is 12.8. The monoisotopic (exact) mass is 247 g/mol. The molecule has 0 aliphatic heterocycles. The zero-order chi connectivity index (χ0) is 11.8. The molecule has 7 nitrogen and oxygen atoms in total. The molecular formula is C8H13N3O4S. The summed E-state index contributed by atoms with van der Waals surface area (Å²) in [5.41, 5.74) is 0. The van der Waals surface area contributed by atoms with Crippen LogP contribution in [0.1, 0.15) is 6.42 Å². The van der Waals surface area contributed by atoms with Crippen LogP contribution in [0.4, 0.5) is 10.1 Å². The average molecular weight is 247 g/mol. The first-order valence-corrected chi connectivity index (χ1v) is 5.58. The van der Waals surface area contributed by atoms with Crippen molar-refractivity contribution in [1.29, 1.82) is 0 Å². The molecule has 90 valence electrons. The summed E-state index contributed by atoms with van der Waals surface area (Å²) in [6.07, 6.45) is 1.99. The molecule has 16 heavy (non-hydrogen) atoms. The van der Waals surface area contributed by atoms with Crippen LogP contribution in [0.5, 0.6) is 0 Å². The van der Waals surface area contributed by atoms with Gasteiger partial charge >= 0.3 is 5.00 Å². The smallest absolute Gasteiger partial charge is 0.345 e. The highest BCUT2D eigenvalue weighted by molar-refractivity contribution is 7.18. The molecule has 0 spiro atoms. The Bertz CT molecular complexity index is 331. The zero-order valence-corrected chi connectivity index (χ0v) is 9.40. The van der Waals surface area contributed by atoms with E-state index in [1.807, 2.05) is 0 Å². The van der Waals surface area contributed by atoms with Crippen LogP contribution in [-0.2, 0) is 4.74 Å². The summed E-state index contributed by atoms with van der Waals surface area (Å²) in [4.78, 5) is 13.8. The Morgan fingerprint density at radius 1 is 1.62 bits per heavy atom. The number of thiazole rings is 1. The fraction of sp³-hybridized carbons (Fsp3) is 0.625. The van der Waals surface area contributed by atoms with Crippen molar-refractivity contribution in [2.75, 3.05) is 31.7 Å². The largest absolute Gasteiger partial charge is 0.394 e. The van der Waals surface area contributed by atoms with E-state index in [0.29, 0.717) is 24.9 Å². The normalized spacial score (nSPS) is 10.3. The Morgan fingerprint density at radius 2 is 2.44 bits per heavy atom. The average Bonchev–Trinajstić information content (AvgIpc) is 2.72. The number of nitrogens with zero attached hydrogens (tertiary/aromatic N) is 2. The van der Waals surface area contributed by atoms with Crippen molar-refractivity contribution < 1.29 is 14.8 Å². The van der Waals surface area contributed by atoms with Gasteiger partial charge in [0.1, 0.15) is 6.20 Å². The van der Waals surface area contributed by atoms with Gasteiger partial charge in [0.05, 0.1) is 18.1 Å². The summed E-state index contributed by atoms with van der Waals surface area (Å²) in [5, 5.41) is 22.3. The Hall–Kier alpha value is -1.25. The summed E-state index contributed by atoms with van der Waals surface area (Å²) in [7, 11) is 0. The van der Waals surface area contributed by atoms with Crippen LogP contribution in [0.2, 0.25) is 0 Å². The third-order valence-electron chi connectivity index (χ3n) is 1.65. The molecule has 0 aliphatic rings. The van der Waals surface area contributed by atoms with Crippen molar-refractivity contribution in [2.45, 2.75) is 6.42 Å². The van der Waals surface area contributed by atoms with Crippen molar-refractivity contribution in [3.8, 4) is 0 Å². The van der Waals surface area contributed by atoms with E-state index < -0.39 is 4.92 Å². The van der Waals surface area contributed by atoms with Crippen LogP contribution in [0, 0.1) is 10.1 Å². The van der Waals surface area contributed by atoms with Gasteiger partial charge in [-0.2, -0.15) is 0 Å². The second kappa shape index (κ2) is 7.09. The van der Waals surface area contributed by atoms with Crippen LogP contribution in [0.25, 0.3) is 0 Å². The zero-order valence-electron chi connectivity index (χ0n) is 8.59. The molecule has 0 saturated carbocycles. The van der Waals surface area contributed by atoms with Gasteiger partial charge in [0.15, 0.2) is 5.13 Å². The van der Waals surface area contributed by atoms with Gasteiger partial charge in [0.25, 0.3) is 0 Å². The third kappa shape index (κ3) is 4.51. The topological polar surface area (TPSA) is 97.5 Å². The van der Waals surface area contributed by atoms with E-state index in [4.69, 9.17) is 9.84 Å². The van der Waals surface area contributed by atoms with E-state index in [1.165, 1.54) is 6.20 Å². The minimum atomic E-state index is -0.465. The van der Waals surface area contributed by atoms with Crippen molar-refractivity contribution in [1.82, 2.24) is 4.98 Å². The maximum Gasteiger partial charge on any atom is 0.345 e. The standard InChI is InChI=1S/C8H13N3O4S/c12-3-5-15-4-1-2-9-8-10-6-7(16-8)11(13)14/h6,12H,1-5H2,(H,9,10). The number of rotatable bonds is 8.